The third-order valence-electron chi connectivity index (χ3n) is 0.211. The minimum absolute atomic E-state index is 0.215. The Morgan fingerprint density at radius 1 is 1.86 bits per heavy atom. The van der Waals surface area contributed by atoms with Crippen LogP contribution in [0.25, 0.3) is 0 Å². The van der Waals surface area contributed by atoms with E-state index in [-0.39, 0.29) is 5.22 Å². The van der Waals surface area contributed by atoms with Gasteiger partial charge in [-0.05, 0) is 18.2 Å². The normalized spacial score (nSPS) is 7.57. The van der Waals surface area contributed by atoms with Gasteiger partial charge in [-0.3, -0.25) is 0 Å². The van der Waals surface area contributed by atoms with Gasteiger partial charge in [-0.1, -0.05) is 0 Å². The molecule has 0 spiro atoms. The molecule has 4 heteroatoms. The summed E-state index contributed by atoms with van der Waals surface area (Å²) in [5.41, 5.74) is 4.49. The molecule has 0 rings (SSSR count). The van der Waals surface area contributed by atoms with E-state index in [0.29, 0.717) is 0 Å². The Kier molecular flexibility index (Phi) is 2.22. The van der Waals surface area contributed by atoms with E-state index in [2.05, 4.69) is 17.0 Å². The molecule has 0 aliphatic heterocycles. The maximum atomic E-state index is 9.66. The summed E-state index contributed by atoms with van der Waals surface area (Å²) in [5, 5.41) is -0.215. The van der Waals surface area contributed by atoms with Crippen molar-refractivity contribution in [1.29, 1.82) is 0 Å². The smallest absolute Gasteiger partial charge is 0.399 e. The molecule has 0 bridgehead atoms. The Hall–Kier alpha value is -0.700. The average molecular weight is 122 g/mol. The van der Waals surface area contributed by atoms with E-state index in [0.717, 1.165) is 0 Å². The Labute approximate surface area is 45.7 Å². The zero-order chi connectivity index (χ0) is 5.86. The molecule has 0 aromatic carbocycles. The zero-order valence-electron chi connectivity index (χ0n) is 3.48. The van der Waals surface area contributed by atoms with Gasteiger partial charge in [-0.2, -0.15) is 0 Å². The van der Waals surface area contributed by atoms with Crippen LogP contribution in [-0.4, -0.2) is 6.09 Å². The van der Waals surface area contributed by atoms with Crippen LogP contribution in [0.4, 0.5) is 4.79 Å². The van der Waals surface area contributed by atoms with Crippen LogP contribution in [0.2, 0.25) is 0 Å². The number of rotatable bonds is 1. The summed E-state index contributed by atoms with van der Waals surface area (Å²) < 4.78 is 3.96. The van der Waals surface area contributed by atoms with Crippen molar-refractivity contribution in [1.82, 2.24) is 0 Å². The van der Waals surface area contributed by atoms with Crippen LogP contribution in [0, 0.1) is 0 Å². The standard InChI is InChI=1S/C3H4ClNO2/c1-2(4)7-3(5)6/h1H2,(H2,5,6). The van der Waals surface area contributed by atoms with E-state index in [1.807, 2.05) is 0 Å². The molecule has 0 saturated heterocycles. The van der Waals surface area contributed by atoms with Crippen LogP contribution in [0.15, 0.2) is 11.8 Å². The number of carbonyl (C=O) groups excluding carboxylic acids is 1. The molecule has 0 fully saturated rings. The number of carbonyl (C=O) groups is 1. The predicted molar refractivity (Wildman–Crippen MR) is 25.7 cm³/mol. The number of hydrogen-bond donors (Lipinski definition) is 1. The first-order chi connectivity index (χ1) is 3.13. The molecule has 2 N–H and O–H groups in total. The Morgan fingerprint density at radius 2 is 2.29 bits per heavy atom. The highest BCUT2D eigenvalue weighted by molar-refractivity contribution is 6.28. The van der Waals surface area contributed by atoms with Crippen molar-refractivity contribution in [2.75, 3.05) is 0 Å². The number of ether oxygens (including phenoxy) is 1. The van der Waals surface area contributed by atoms with Crippen molar-refractivity contribution in [2.45, 2.75) is 0 Å². The van der Waals surface area contributed by atoms with Gasteiger partial charge in [-0.25, -0.2) is 4.79 Å². The van der Waals surface area contributed by atoms with Crippen LogP contribution < -0.4 is 5.73 Å². The lowest BCUT2D eigenvalue weighted by molar-refractivity contribution is 0.193. The van der Waals surface area contributed by atoms with E-state index in [9.17, 15) is 4.79 Å². The van der Waals surface area contributed by atoms with E-state index in [1.54, 1.807) is 0 Å². The number of amides is 1. The third kappa shape index (κ3) is 5.30. The Morgan fingerprint density at radius 3 is 2.29 bits per heavy atom. The van der Waals surface area contributed by atoms with Crippen molar-refractivity contribution in [3.63, 3.8) is 0 Å². The van der Waals surface area contributed by atoms with Crippen LogP contribution in [0.3, 0.4) is 0 Å². The summed E-state index contributed by atoms with van der Waals surface area (Å²) in [5.74, 6) is 0. The molecule has 0 aromatic rings. The van der Waals surface area contributed by atoms with Crippen molar-refractivity contribution < 1.29 is 9.53 Å². The molecule has 1 amide bonds. The number of hydrogen-bond acceptors (Lipinski definition) is 2. The molecule has 0 aromatic heterocycles. The fraction of sp³-hybridized carbons (Fsp3) is 0. The number of halogens is 1. The molecule has 0 aliphatic rings. The number of primary amides is 1. The molecule has 0 unspecified atom stereocenters. The van der Waals surface area contributed by atoms with Gasteiger partial charge in [0.15, 0.2) is 5.22 Å². The van der Waals surface area contributed by atoms with E-state index in [4.69, 9.17) is 11.6 Å². The highest BCUT2D eigenvalue weighted by Gasteiger charge is 1.90. The second-order valence-corrected chi connectivity index (χ2v) is 1.20. The van der Waals surface area contributed by atoms with Gasteiger partial charge in [0.1, 0.15) is 0 Å². The second-order valence-electron chi connectivity index (χ2n) is 0.776. The van der Waals surface area contributed by atoms with E-state index >= 15 is 0 Å². The first-order valence-corrected chi connectivity index (χ1v) is 1.82. The zero-order valence-corrected chi connectivity index (χ0v) is 4.23. The molecule has 0 saturated carbocycles. The lowest BCUT2D eigenvalue weighted by Crippen LogP contribution is -2.10. The van der Waals surface area contributed by atoms with Crippen molar-refractivity contribution >= 4 is 17.7 Å². The Bertz CT molecular complexity index is 89.1. The molecular formula is C3H4ClNO2. The largest absolute Gasteiger partial charge is 0.410 e. The number of nitrogens with two attached hydrogens (primary N) is 1. The van der Waals surface area contributed by atoms with Crippen LogP contribution in [0.1, 0.15) is 0 Å². The first kappa shape index (κ1) is 6.30. The fourth-order valence-corrected chi connectivity index (χ4v) is 0.185. The van der Waals surface area contributed by atoms with E-state index < -0.39 is 6.09 Å². The van der Waals surface area contributed by atoms with Gasteiger partial charge < -0.3 is 10.5 Å². The topological polar surface area (TPSA) is 52.3 Å². The third-order valence-corrected chi connectivity index (χ3v) is 0.288. The summed E-state index contributed by atoms with van der Waals surface area (Å²) in [4.78, 5) is 9.66. The summed E-state index contributed by atoms with van der Waals surface area (Å²) in [6.45, 7) is 3.04. The van der Waals surface area contributed by atoms with Gasteiger partial charge in [-0.15, -0.1) is 0 Å². The molecule has 0 atom stereocenters. The predicted octanol–water partition coefficient (Wildman–Crippen LogP) is 0.792. The summed E-state index contributed by atoms with van der Waals surface area (Å²) in [7, 11) is 0. The van der Waals surface area contributed by atoms with Gasteiger partial charge >= 0.3 is 6.09 Å². The van der Waals surface area contributed by atoms with Gasteiger partial charge in [0.25, 0.3) is 0 Å². The maximum Gasteiger partial charge on any atom is 0.410 e. The molecule has 3 nitrogen and oxygen atoms in total. The monoisotopic (exact) mass is 121 g/mol. The van der Waals surface area contributed by atoms with E-state index in [1.165, 1.54) is 0 Å². The summed E-state index contributed by atoms with van der Waals surface area (Å²) in [6.07, 6.45) is -0.944. The molecule has 7 heavy (non-hydrogen) atoms. The fourth-order valence-electron chi connectivity index (χ4n) is 0.109. The second kappa shape index (κ2) is 2.47. The first-order valence-electron chi connectivity index (χ1n) is 1.44. The highest BCUT2D eigenvalue weighted by atomic mass is 35.5. The molecule has 40 valence electrons. The minimum Gasteiger partial charge on any atom is -0.399 e. The molecule has 0 heterocycles. The quantitative estimate of drug-likeness (QED) is 0.522. The van der Waals surface area contributed by atoms with Gasteiger partial charge in [0.2, 0.25) is 0 Å². The SMILES string of the molecule is C=C(Cl)OC(N)=O. The lowest BCUT2D eigenvalue weighted by Gasteiger charge is -1.90. The van der Waals surface area contributed by atoms with Crippen LogP contribution in [-0.2, 0) is 4.74 Å². The van der Waals surface area contributed by atoms with Crippen LogP contribution in [0.5, 0.6) is 0 Å². The van der Waals surface area contributed by atoms with Crippen molar-refractivity contribution in [3.05, 3.63) is 11.8 Å². The summed E-state index contributed by atoms with van der Waals surface area (Å²) >= 11 is 4.96. The highest BCUT2D eigenvalue weighted by Crippen LogP contribution is 1.95. The molecule has 0 radical (unpaired) electrons. The maximum absolute atomic E-state index is 9.66. The van der Waals surface area contributed by atoms with Crippen molar-refractivity contribution in [3.8, 4) is 0 Å². The van der Waals surface area contributed by atoms with Gasteiger partial charge in [0.05, 0.1) is 0 Å². The molecule has 0 aliphatic carbocycles. The minimum atomic E-state index is -0.944. The van der Waals surface area contributed by atoms with Crippen LogP contribution >= 0.6 is 11.6 Å². The van der Waals surface area contributed by atoms with Crippen molar-refractivity contribution in [2.24, 2.45) is 5.73 Å². The van der Waals surface area contributed by atoms with Gasteiger partial charge in [0, 0.05) is 0 Å². The molecular weight excluding hydrogens is 117 g/mol. The average Bonchev–Trinajstić information content (AvgIpc) is 1.27. The summed E-state index contributed by atoms with van der Waals surface area (Å²) in [6, 6.07) is 0. The lowest BCUT2D eigenvalue weighted by atomic mass is 11.1. The Balaban J connectivity index is 3.32.